The number of carbonyl (C=O) groups excluding carboxylic acids is 2. The molecule has 5 nitrogen and oxygen atoms in total. The van der Waals surface area contributed by atoms with Crippen LogP contribution in [0.2, 0.25) is 0 Å². The lowest BCUT2D eigenvalue weighted by Gasteiger charge is -2.32. The minimum atomic E-state index is -0.312. The smallest absolute Gasteiger partial charge is 0.246 e. The summed E-state index contributed by atoms with van der Waals surface area (Å²) in [6.45, 7) is 9.07. The highest BCUT2D eigenvalue weighted by Gasteiger charge is 2.25. The van der Waals surface area contributed by atoms with E-state index in [0.717, 1.165) is 16.8 Å². The van der Waals surface area contributed by atoms with Crippen LogP contribution in [0.3, 0.4) is 0 Å². The monoisotopic (exact) mass is 392 g/mol. The zero-order valence-corrected chi connectivity index (χ0v) is 17.1. The van der Waals surface area contributed by atoms with Gasteiger partial charge in [-0.25, -0.2) is 0 Å². The molecule has 1 saturated heterocycles. The fourth-order valence-electron chi connectivity index (χ4n) is 3.66. The Morgan fingerprint density at radius 1 is 1.28 bits per heavy atom. The van der Waals surface area contributed by atoms with Crippen LogP contribution in [-0.4, -0.2) is 42.5 Å². The summed E-state index contributed by atoms with van der Waals surface area (Å²) in [7, 11) is 0. The number of anilines is 1. The second-order valence-electron chi connectivity index (χ2n) is 7.46. The van der Waals surface area contributed by atoms with E-state index in [4.69, 9.17) is 4.74 Å². The first-order valence-electron chi connectivity index (χ1n) is 9.96. The molecule has 2 amide bonds. The zero-order valence-electron chi connectivity index (χ0n) is 17.1. The quantitative estimate of drug-likeness (QED) is 0.759. The fourth-order valence-corrected chi connectivity index (χ4v) is 3.66. The molecule has 3 rings (SSSR count). The number of rotatable bonds is 6. The molecule has 2 aromatic rings. The van der Waals surface area contributed by atoms with Crippen molar-refractivity contribution in [2.75, 3.05) is 25.0 Å². The molecule has 0 aliphatic carbocycles. The number of hydrogen-bond donors (Lipinski definition) is 1. The Morgan fingerprint density at radius 2 is 2.03 bits per heavy atom. The molecular weight excluding hydrogens is 364 g/mol. The van der Waals surface area contributed by atoms with Crippen molar-refractivity contribution >= 4 is 17.5 Å². The van der Waals surface area contributed by atoms with Crippen molar-refractivity contribution in [2.45, 2.75) is 32.3 Å². The predicted molar refractivity (Wildman–Crippen MR) is 115 cm³/mol. The lowest BCUT2D eigenvalue weighted by Crippen LogP contribution is -2.46. The minimum absolute atomic E-state index is 0.117. The Labute approximate surface area is 172 Å². The van der Waals surface area contributed by atoms with Crippen molar-refractivity contribution in [3.63, 3.8) is 0 Å². The van der Waals surface area contributed by atoms with E-state index < -0.39 is 0 Å². The summed E-state index contributed by atoms with van der Waals surface area (Å²) in [5.41, 5.74) is 4.24. The molecule has 0 aromatic heterocycles. The van der Waals surface area contributed by atoms with Crippen molar-refractivity contribution in [1.29, 1.82) is 0 Å². The molecule has 29 heavy (non-hydrogen) atoms. The summed E-state index contributed by atoms with van der Waals surface area (Å²) in [6.07, 6.45) is 1.19. The van der Waals surface area contributed by atoms with Gasteiger partial charge in [0.25, 0.3) is 0 Å². The molecule has 0 radical (unpaired) electrons. The third-order valence-electron chi connectivity index (χ3n) is 5.29. The Morgan fingerprint density at radius 3 is 2.76 bits per heavy atom. The molecule has 2 aromatic carbocycles. The molecule has 152 valence electrons. The van der Waals surface area contributed by atoms with Crippen LogP contribution in [0.1, 0.15) is 36.0 Å². The third kappa shape index (κ3) is 5.33. The largest absolute Gasteiger partial charge is 0.374 e. The van der Waals surface area contributed by atoms with E-state index in [1.807, 2.05) is 37.3 Å². The highest BCUT2D eigenvalue weighted by atomic mass is 16.5. The van der Waals surface area contributed by atoms with Crippen molar-refractivity contribution in [3.05, 3.63) is 77.9 Å². The number of nitrogens with zero attached hydrogens (tertiary/aromatic N) is 1. The molecule has 1 unspecified atom stereocenters. The summed E-state index contributed by atoms with van der Waals surface area (Å²) in [5.74, 6) is -0.0949. The van der Waals surface area contributed by atoms with Gasteiger partial charge in [0, 0.05) is 24.7 Å². The van der Waals surface area contributed by atoms with E-state index in [1.165, 1.54) is 11.6 Å². The van der Waals surface area contributed by atoms with Crippen LogP contribution in [0.15, 0.2) is 61.2 Å². The number of nitrogens with one attached hydrogen (secondary N) is 1. The highest BCUT2D eigenvalue weighted by molar-refractivity contribution is 5.92. The van der Waals surface area contributed by atoms with Gasteiger partial charge in [-0.3, -0.25) is 9.59 Å². The number of carbonyl (C=O) groups is 2. The summed E-state index contributed by atoms with van der Waals surface area (Å²) in [4.78, 5) is 26.2. The Balaban J connectivity index is 1.70. The molecule has 1 aliphatic heterocycles. The van der Waals surface area contributed by atoms with E-state index in [0.29, 0.717) is 19.7 Å². The normalized spacial score (nSPS) is 17.4. The van der Waals surface area contributed by atoms with Gasteiger partial charge in [-0.15, -0.1) is 0 Å². The average Bonchev–Trinajstić information content (AvgIpc) is 2.74. The summed E-state index contributed by atoms with van der Waals surface area (Å²) < 4.78 is 5.69. The number of benzene rings is 2. The highest BCUT2D eigenvalue weighted by Crippen LogP contribution is 2.31. The average molecular weight is 392 g/mol. The molecule has 0 spiro atoms. The van der Waals surface area contributed by atoms with Gasteiger partial charge in [0.1, 0.15) is 0 Å². The van der Waals surface area contributed by atoms with E-state index in [1.54, 1.807) is 4.90 Å². The van der Waals surface area contributed by atoms with Crippen molar-refractivity contribution < 1.29 is 14.3 Å². The van der Waals surface area contributed by atoms with Crippen molar-refractivity contribution in [3.8, 4) is 0 Å². The van der Waals surface area contributed by atoms with Gasteiger partial charge in [-0.05, 0) is 30.2 Å². The van der Waals surface area contributed by atoms with Crippen LogP contribution in [0.25, 0.3) is 0 Å². The molecule has 1 fully saturated rings. The standard InChI is InChI=1S/C24H28N2O3/c1-4-24(28)26-12-13-29-20(16-26)15-23(27)25-22-11-10-17(2)14-21(22)18(3)19-8-6-5-7-9-19/h4-11,14,18,20H,1,12-13,15-16H2,2-3H3,(H,25,27)/t18?,20-/m0/s1. The van der Waals surface area contributed by atoms with Crippen molar-refractivity contribution in [1.82, 2.24) is 4.90 Å². The minimum Gasteiger partial charge on any atom is -0.374 e. The molecule has 0 bridgehead atoms. The topological polar surface area (TPSA) is 58.6 Å². The van der Waals surface area contributed by atoms with Gasteiger partial charge in [0.05, 0.1) is 19.1 Å². The lowest BCUT2D eigenvalue weighted by molar-refractivity contribution is -0.136. The number of morpholine rings is 1. The second-order valence-corrected chi connectivity index (χ2v) is 7.46. The summed E-state index contributed by atoms with van der Waals surface area (Å²) >= 11 is 0. The maximum atomic E-state index is 12.7. The lowest BCUT2D eigenvalue weighted by atomic mass is 9.90. The molecule has 0 saturated carbocycles. The fraction of sp³-hybridized carbons (Fsp3) is 0.333. The molecule has 2 atom stereocenters. The van der Waals surface area contributed by atoms with Crippen LogP contribution < -0.4 is 5.32 Å². The van der Waals surface area contributed by atoms with Crippen molar-refractivity contribution in [2.24, 2.45) is 0 Å². The first-order valence-corrected chi connectivity index (χ1v) is 9.96. The zero-order chi connectivity index (χ0) is 20.8. The predicted octanol–water partition coefficient (Wildman–Crippen LogP) is 3.89. The second kappa shape index (κ2) is 9.52. The molecule has 1 aliphatic rings. The Hall–Kier alpha value is -2.92. The van der Waals surface area contributed by atoms with Gasteiger partial charge in [0.15, 0.2) is 0 Å². The maximum Gasteiger partial charge on any atom is 0.246 e. The van der Waals surface area contributed by atoms with Crippen LogP contribution in [0.5, 0.6) is 0 Å². The molecular formula is C24H28N2O3. The first-order chi connectivity index (χ1) is 14.0. The van der Waals surface area contributed by atoms with Gasteiger partial charge < -0.3 is 15.0 Å². The number of ether oxygens (including phenoxy) is 1. The Bertz CT molecular complexity index is 879. The van der Waals surface area contributed by atoms with Crippen LogP contribution in [0, 0.1) is 6.92 Å². The summed E-state index contributed by atoms with van der Waals surface area (Å²) in [5, 5.41) is 3.05. The van der Waals surface area contributed by atoms with Gasteiger partial charge >= 0.3 is 0 Å². The third-order valence-corrected chi connectivity index (χ3v) is 5.29. The van der Waals surface area contributed by atoms with E-state index in [9.17, 15) is 9.59 Å². The Kier molecular flexibility index (Phi) is 6.83. The van der Waals surface area contributed by atoms with E-state index in [-0.39, 0.29) is 30.3 Å². The molecule has 1 N–H and O–H groups in total. The van der Waals surface area contributed by atoms with E-state index in [2.05, 4.69) is 37.0 Å². The van der Waals surface area contributed by atoms with Gasteiger partial charge in [0.2, 0.25) is 11.8 Å². The number of aryl methyl sites for hydroxylation is 1. The van der Waals surface area contributed by atoms with Crippen LogP contribution >= 0.6 is 0 Å². The van der Waals surface area contributed by atoms with Gasteiger partial charge in [-0.1, -0.05) is 61.5 Å². The number of hydrogen-bond acceptors (Lipinski definition) is 3. The van der Waals surface area contributed by atoms with Gasteiger partial charge in [-0.2, -0.15) is 0 Å². The summed E-state index contributed by atoms with van der Waals surface area (Å²) in [6, 6.07) is 16.3. The molecule has 5 heteroatoms. The molecule has 1 heterocycles. The van der Waals surface area contributed by atoms with Crippen LogP contribution in [0.4, 0.5) is 5.69 Å². The number of amides is 2. The van der Waals surface area contributed by atoms with E-state index >= 15 is 0 Å². The first kappa shape index (κ1) is 20.8. The van der Waals surface area contributed by atoms with Crippen LogP contribution in [-0.2, 0) is 14.3 Å². The SMILES string of the molecule is C=CC(=O)N1CCO[C@@H](CC(=O)Nc2ccc(C)cc2C(C)c2ccccc2)C1. The maximum absolute atomic E-state index is 12.7.